The van der Waals surface area contributed by atoms with Gasteiger partial charge in [-0.1, -0.05) is 19.9 Å². The highest BCUT2D eigenvalue weighted by molar-refractivity contribution is 5.81. The van der Waals surface area contributed by atoms with E-state index in [1.165, 1.54) is 11.1 Å². The van der Waals surface area contributed by atoms with Crippen molar-refractivity contribution in [3.63, 3.8) is 0 Å². The standard InChI is InChI=1S/C19H30N2O2/c1-13(2)18-7-6-17(10-14(18)3)23-15(4)19(22)21-9-8-16(12-21)11-20-5/h6-7,10,13,15-16,20H,8-9,11-12H2,1-5H3/t15-,16-/m0/s1. The largest absolute Gasteiger partial charge is 0.481 e. The number of hydrogen-bond donors (Lipinski definition) is 1. The van der Waals surface area contributed by atoms with E-state index in [4.69, 9.17) is 4.74 Å². The van der Waals surface area contributed by atoms with Crippen LogP contribution in [0, 0.1) is 12.8 Å². The molecule has 1 fully saturated rings. The number of carbonyl (C=O) groups excluding carboxylic acids is 1. The molecule has 0 aliphatic carbocycles. The van der Waals surface area contributed by atoms with Gasteiger partial charge in [0.1, 0.15) is 5.75 Å². The van der Waals surface area contributed by atoms with Gasteiger partial charge in [-0.15, -0.1) is 0 Å². The van der Waals surface area contributed by atoms with Crippen LogP contribution in [0.4, 0.5) is 0 Å². The third-order valence-corrected chi connectivity index (χ3v) is 4.61. The Labute approximate surface area is 140 Å². The van der Waals surface area contributed by atoms with E-state index in [2.05, 4.69) is 32.2 Å². The van der Waals surface area contributed by atoms with Gasteiger partial charge in [-0.2, -0.15) is 0 Å². The highest BCUT2D eigenvalue weighted by Gasteiger charge is 2.29. The maximum Gasteiger partial charge on any atom is 0.263 e. The Morgan fingerprint density at radius 1 is 1.39 bits per heavy atom. The lowest BCUT2D eigenvalue weighted by Crippen LogP contribution is -2.39. The summed E-state index contributed by atoms with van der Waals surface area (Å²) in [6, 6.07) is 6.11. The van der Waals surface area contributed by atoms with E-state index in [-0.39, 0.29) is 5.91 Å². The van der Waals surface area contributed by atoms with E-state index in [0.29, 0.717) is 11.8 Å². The summed E-state index contributed by atoms with van der Waals surface area (Å²) in [4.78, 5) is 14.5. The first-order chi connectivity index (χ1) is 10.9. The van der Waals surface area contributed by atoms with Crippen LogP contribution < -0.4 is 10.1 Å². The molecule has 128 valence electrons. The van der Waals surface area contributed by atoms with Crippen molar-refractivity contribution in [3.8, 4) is 5.75 Å². The van der Waals surface area contributed by atoms with Crippen LogP contribution >= 0.6 is 0 Å². The van der Waals surface area contributed by atoms with Crippen LogP contribution in [0.2, 0.25) is 0 Å². The van der Waals surface area contributed by atoms with Crippen LogP contribution in [0.25, 0.3) is 0 Å². The topological polar surface area (TPSA) is 41.6 Å². The van der Waals surface area contributed by atoms with Gasteiger partial charge in [0.25, 0.3) is 5.91 Å². The molecule has 23 heavy (non-hydrogen) atoms. The normalized spacial score (nSPS) is 19.2. The molecule has 0 saturated carbocycles. The molecule has 1 aromatic rings. The first-order valence-corrected chi connectivity index (χ1v) is 8.63. The maximum atomic E-state index is 12.5. The van der Waals surface area contributed by atoms with Gasteiger partial charge in [-0.3, -0.25) is 4.79 Å². The third-order valence-electron chi connectivity index (χ3n) is 4.61. The van der Waals surface area contributed by atoms with E-state index in [0.717, 1.165) is 31.8 Å². The second-order valence-corrected chi connectivity index (χ2v) is 6.93. The Bertz CT molecular complexity index is 542. The molecule has 0 radical (unpaired) electrons. The molecule has 4 nitrogen and oxygen atoms in total. The predicted molar refractivity (Wildman–Crippen MR) is 94.0 cm³/mol. The minimum absolute atomic E-state index is 0.0918. The van der Waals surface area contributed by atoms with Crippen LogP contribution in [0.5, 0.6) is 5.75 Å². The van der Waals surface area contributed by atoms with Crippen LogP contribution in [0.15, 0.2) is 18.2 Å². The number of ether oxygens (including phenoxy) is 1. The predicted octanol–water partition coefficient (Wildman–Crippen LogP) is 2.95. The van der Waals surface area contributed by atoms with Gasteiger partial charge in [-0.25, -0.2) is 0 Å². The molecular weight excluding hydrogens is 288 g/mol. The summed E-state index contributed by atoms with van der Waals surface area (Å²) in [5.74, 6) is 1.92. The zero-order valence-corrected chi connectivity index (χ0v) is 15.1. The molecule has 2 rings (SSSR count). The Morgan fingerprint density at radius 2 is 2.13 bits per heavy atom. The molecule has 1 saturated heterocycles. The molecule has 0 spiro atoms. The van der Waals surface area contributed by atoms with Crippen molar-refractivity contribution < 1.29 is 9.53 Å². The summed E-state index contributed by atoms with van der Waals surface area (Å²) >= 11 is 0. The summed E-state index contributed by atoms with van der Waals surface area (Å²) in [6.45, 7) is 10.9. The molecule has 1 aliphatic rings. The van der Waals surface area contributed by atoms with Crippen LogP contribution in [-0.4, -0.2) is 43.6 Å². The van der Waals surface area contributed by atoms with Crippen LogP contribution in [0.3, 0.4) is 0 Å². The fourth-order valence-electron chi connectivity index (χ4n) is 3.37. The average Bonchev–Trinajstić information content (AvgIpc) is 2.95. The fraction of sp³-hybridized carbons (Fsp3) is 0.632. The Hall–Kier alpha value is -1.55. The molecule has 1 aromatic carbocycles. The van der Waals surface area contributed by atoms with Crippen LogP contribution in [0.1, 0.15) is 44.2 Å². The van der Waals surface area contributed by atoms with Gasteiger partial charge in [-0.05, 0) is 69.0 Å². The molecule has 0 bridgehead atoms. The molecule has 1 amide bonds. The lowest BCUT2D eigenvalue weighted by Gasteiger charge is -2.22. The summed E-state index contributed by atoms with van der Waals surface area (Å²) in [7, 11) is 1.96. The summed E-state index contributed by atoms with van der Waals surface area (Å²) in [6.07, 6.45) is 0.634. The van der Waals surface area contributed by atoms with Gasteiger partial charge in [0.15, 0.2) is 6.10 Å². The Balaban J connectivity index is 1.95. The minimum Gasteiger partial charge on any atom is -0.481 e. The zero-order valence-electron chi connectivity index (χ0n) is 15.1. The average molecular weight is 318 g/mol. The SMILES string of the molecule is CNC[C@@H]1CCN(C(=O)[C@H](C)Oc2ccc(C(C)C)c(C)c2)C1. The van der Waals surface area contributed by atoms with E-state index in [1.807, 2.05) is 31.0 Å². The summed E-state index contributed by atoms with van der Waals surface area (Å²) in [5, 5.41) is 3.19. The quantitative estimate of drug-likeness (QED) is 0.877. The van der Waals surface area contributed by atoms with Gasteiger partial charge in [0.2, 0.25) is 0 Å². The lowest BCUT2D eigenvalue weighted by molar-refractivity contribution is -0.137. The second-order valence-electron chi connectivity index (χ2n) is 6.93. The van der Waals surface area contributed by atoms with Crippen molar-refractivity contribution in [1.82, 2.24) is 10.2 Å². The van der Waals surface area contributed by atoms with Gasteiger partial charge in [0, 0.05) is 13.1 Å². The number of aryl methyl sites for hydroxylation is 1. The van der Waals surface area contributed by atoms with Gasteiger partial charge in [0.05, 0.1) is 0 Å². The van der Waals surface area contributed by atoms with Crippen molar-refractivity contribution in [1.29, 1.82) is 0 Å². The number of benzene rings is 1. The number of nitrogens with one attached hydrogen (secondary N) is 1. The zero-order chi connectivity index (χ0) is 17.0. The van der Waals surface area contributed by atoms with Gasteiger partial charge < -0.3 is 15.0 Å². The Morgan fingerprint density at radius 3 is 2.74 bits per heavy atom. The van der Waals surface area contributed by atoms with E-state index >= 15 is 0 Å². The first-order valence-electron chi connectivity index (χ1n) is 8.63. The minimum atomic E-state index is -0.437. The lowest BCUT2D eigenvalue weighted by atomic mass is 9.98. The molecule has 0 aromatic heterocycles. The second kappa shape index (κ2) is 7.82. The molecule has 1 aliphatic heterocycles. The monoisotopic (exact) mass is 318 g/mol. The van der Waals surface area contributed by atoms with Crippen molar-refractivity contribution >= 4 is 5.91 Å². The molecule has 0 unspecified atom stereocenters. The van der Waals surface area contributed by atoms with E-state index < -0.39 is 6.10 Å². The van der Waals surface area contributed by atoms with Crippen molar-refractivity contribution in [3.05, 3.63) is 29.3 Å². The maximum absolute atomic E-state index is 12.5. The molecule has 2 atom stereocenters. The number of hydrogen-bond acceptors (Lipinski definition) is 3. The highest BCUT2D eigenvalue weighted by atomic mass is 16.5. The fourth-order valence-corrected chi connectivity index (χ4v) is 3.37. The van der Waals surface area contributed by atoms with E-state index in [9.17, 15) is 4.79 Å². The number of likely N-dealkylation sites (tertiary alicyclic amines) is 1. The number of amides is 1. The number of nitrogens with zero attached hydrogens (tertiary/aromatic N) is 1. The van der Waals surface area contributed by atoms with Gasteiger partial charge >= 0.3 is 0 Å². The molecular formula is C19H30N2O2. The van der Waals surface area contributed by atoms with Crippen LogP contribution in [-0.2, 0) is 4.79 Å². The van der Waals surface area contributed by atoms with E-state index in [1.54, 1.807) is 0 Å². The number of rotatable bonds is 6. The molecule has 4 heteroatoms. The van der Waals surface area contributed by atoms with Crippen molar-refractivity contribution in [2.75, 3.05) is 26.7 Å². The Kier molecular flexibility index (Phi) is 6.05. The molecule has 1 heterocycles. The van der Waals surface area contributed by atoms with Crippen molar-refractivity contribution in [2.45, 2.75) is 46.1 Å². The molecule has 1 N–H and O–H groups in total. The smallest absolute Gasteiger partial charge is 0.263 e. The third kappa shape index (κ3) is 4.47. The van der Waals surface area contributed by atoms with Crippen molar-refractivity contribution in [2.24, 2.45) is 5.92 Å². The summed E-state index contributed by atoms with van der Waals surface area (Å²) in [5.41, 5.74) is 2.54. The highest BCUT2D eigenvalue weighted by Crippen LogP contribution is 2.25. The number of carbonyl (C=O) groups is 1. The first kappa shape index (κ1) is 17.8. The summed E-state index contributed by atoms with van der Waals surface area (Å²) < 4.78 is 5.89.